The number of thiocarbonyl (C=S) groups is 1. The Morgan fingerprint density at radius 3 is 2.77 bits per heavy atom. The van der Waals surface area contributed by atoms with E-state index in [1.165, 1.54) is 6.42 Å². The normalized spacial score (nSPS) is 21.3. The topological polar surface area (TPSA) is 53.1 Å². The van der Waals surface area contributed by atoms with Crippen LogP contribution >= 0.6 is 23.8 Å². The molecule has 1 aromatic heterocycles. The Labute approximate surface area is 142 Å². The smallest absolute Gasteiger partial charge is 0.232 e. The highest BCUT2D eigenvalue weighted by Crippen LogP contribution is 2.26. The minimum absolute atomic E-state index is 0.407. The summed E-state index contributed by atoms with van der Waals surface area (Å²) in [4.78, 5) is 11.0. The van der Waals surface area contributed by atoms with Crippen molar-refractivity contribution in [1.82, 2.24) is 15.3 Å². The lowest BCUT2D eigenvalue weighted by atomic mass is 9.92. The summed E-state index contributed by atoms with van der Waals surface area (Å²) in [5, 5.41) is 6.80. The third-order valence-electron chi connectivity index (χ3n) is 3.51. The molecule has 2 rings (SSSR count). The van der Waals surface area contributed by atoms with Gasteiger partial charge in [-0.15, -0.1) is 6.58 Å². The summed E-state index contributed by atoms with van der Waals surface area (Å²) in [6.45, 7) is 10.7. The summed E-state index contributed by atoms with van der Waals surface area (Å²) in [6.07, 6.45) is 2.98. The zero-order valence-electron chi connectivity index (χ0n) is 13.0. The molecular weight excluding hydrogens is 318 g/mol. The van der Waals surface area contributed by atoms with Crippen molar-refractivity contribution < 1.29 is 0 Å². The third-order valence-corrected chi connectivity index (χ3v) is 3.95. The largest absolute Gasteiger partial charge is 0.359 e. The SMILES string of the molecule is C=CCNC(=S)Nc1nc(Cl)cc(N2CC(C)CC(C)C2)n1. The van der Waals surface area contributed by atoms with Crippen LogP contribution in [-0.4, -0.2) is 34.7 Å². The molecule has 7 heteroatoms. The maximum atomic E-state index is 6.13. The highest BCUT2D eigenvalue weighted by atomic mass is 35.5. The Morgan fingerprint density at radius 1 is 1.45 bits per heavy atom. The molecule has 0 bridgehead atoms. The molecule has 1 saturated heterocycles. The highest BCUT2D eigenvalue weighted by molar-refractivity contribution is 7.80. The monoisotopic (exact) mass is 339 g/mol. The van der Waals surface area contributed by atoms with Gasteiger partial charge < -0.3 is 15.5 Å². The average molecular weight is 340 g/mol. The van der Waals surface area contributed by atoms with Crippen LogP contribution in [0.3, 0.4) is 0 Å². The van der Waals surface area contributed by atoms with Gasteiger partial charge in [-0.25, -0.2) is 4.98 Å². The number of piperidine rings is 1. The molecule has 2 atom stereocenters. The number of aromatic nitrogens is 2. The highest BCUT2D eigenvalue weighted by Gasteiger charge is 2.23. The van der Waals surface area contributed by atoms with E-state index in [-0.39, 0.29) is 0 Å². The van der Waals surface area contributed by atoms with E-state index >= 15 is 0 Å². The maximum Gasteiger partial charge on any atom is 0.232 e. The van der Waals surface area contributed by atoms with E-state index in [0.717, 1.165) is 18.9 Å². The predicted molar refractivity (Wildman–Crippen MR) is 96.6 cm³/mol. The Balaban J connectivity index is 2.12. The summed E-state index contributed by atoms with van der Waals surface area (Å²) in [6, 6.07) is 1.80. The zero-order chi connectivity index (χ0) is 16.1. The minimum Gasteiger partial charge on any atom is -0.359 e. The fourth-order valence-electron chi connectivity index (χ4n) is 2.78. The molecule has 120 valence electrons. The van der Waals surface area contributed by atoms with Crippen LogP contribution in [0.1, 0.15) is 20.3 Å². The second kappa shape index (κ2) is 7.74. The molecule has 0 saturated carbocycles. The lowest BCUT2D eigenvalue weighted by molar-refractivity contribution is 0.355. The molecular formula is C15H22ClN5S. The van der Waals surface area contributed by atoms with Gasteiger partial charge in [0, 0.05) is 25.7 Å². The summed E-state index contributed by atoms with van der Waals surface area (Å²) >= 11 is 11.3. The molecule has 0 radical (unpaired) electrons. The first-order chi connectivity index (χ1) is 10.5. The molecule has 2 heterocycles. The van der Waals surface area contributed by atoms with Crippen molar-refractivity contribution in [3.63, 3.8) is 0 Å². The second-order valence-corrected chi connectivity index (χ2v) is 6.64. The number of halogens is 1. The molecule has 1 aliphatic heterocycles. The molecule has 2 unspecified atom stereocenters. The van der Waals surface area contributed by atoms with Gasteiger partial charge in [-0.2, -0.15) is 4.98 Å². The van der Waals surface area contributed by atoms with E-state index in [1.807, 2.05) is 0 Å². The number of nitrogens with one attached hydrogen (secondary N) is 2. The van der Waals surface area contributed by atoms with Crippen LogP contribution in [0.5, 0.6) is 0 Å². The quantitative estimate of drug-likeness (QED) is 0.499. The van der Waals surface area contributed by atoms with Gasteiger partial charge in [0.1, 0.15) is 11.0 Å². The van der Waals surface area contributed by atoms with Crippen LogP contribution in [0, 0.1) is 11.8 Å². The first-order valence-corrected chi connectivity index (χ1v) is 8.21. The Hall–Kier alpha value is -1.40. The van der Waals surface area contributed by atoms with Crippen molar-refractivity contribution in [2.45, 2.75) is 20.3 Å². The summed E-state index contributed by atoms with van der Waals surface area (Å²) < 4.78 is 0. The first kappa shape index (κ1) is 17.0. The lowest BCUT2D eigenvalue weighted by Crippen LogP contribution is -2.39. The van der Waals surface area contributed by atoms with Gasteiger partial charge in [0.15, 0.2) is 5.11 Å². The molecule has 1 aromatic rings. The van der Waals surface area contributed by atoms with Crippen LogP contribution in [0.4, 0.5) is 11.8 Å². The lowest BCUT2D eigenvalue weighted by Gasteiger charge is -2.35. The molecule has 0 amide bonds. The van der Waals surface area contributed by atoms with E-state index in [4.69, 9.17) is 23.8 Å². The number of rotatable bonds is 4. The van der Waals surface area contributed by atoms with E-state index in [2.05, 4.69) is 45.9 Å². The van der Waals surface area contributed by atoms with Gasteiger partial charge in [-0.05, 0) is 30.5 Å². The minimum atomic E-state index is 0.407. The molecule has 1 fully saturated rings. The van der Waals surface area contributed by atoms with Crippen LogP contribution in [0.2, 0.25) is 5.15 Å². The van der Waals surface area contributed by atoms with Gasteiger partial charge in [0.2, 0.25) is 5.95 Å². The Kier molecular flexibility index (Phi) is 5.97. The maximum absolute atomic E-state index is 6.13. The molecule has 0 aliphatic carbocycles. The fourth-order valence-corrected chi connectivity index (χ4v) is 3.14. The molecule has 1 aliphatic rings. The van der Waals surface area contributed by atoms with E-state index in [9.17, 15) is 0 Å². The second-order valence-electron chi connectivity index (χ2n) is 5.85. The van der Waals surface area contributed by atoms with Crippen molar-refractivity contribution in [2.75, 3.05) is 29.9 Å². The van der Waals surface area contributed by atoms with Gasteiger partial charge in [0.25, 0.3) is 0 Å². The predicted octanol–water partition coefficient (Wildman–Crippen LogP) is 3.08. The van der Waals surface area contributed by atoms with Gasteiger partial charge >= 0.3 is 0 Å². The first-order valence-electron chi connectivity index (χ1n) is 7.43. The van der Waals surface area contributed by atoms with E-state index in [1.54, 1.807) is 12.1 Å². The van der Waals surface area contributed by atoms with Crippen LogP contribution in [0.25, 0.3) is 0 Å². The van der Waals surface area contributed by atoms with Gasteiger partial charge in [0.05, 0.1) is 0 Å². The Bertz CT molecular complexity index is 541. The van der Waals surface area contributed by atoms with E-state index < -0.39 is 0 Å². The number of hydrogen-bond donors (Lipinski definition) is 2. The van der Waals surface area contributed by atoms with Crippen molar-refractivity contribution >= 4 is 40.7 Å². The standard InChI is InChI=1S/C15H22ClN5S/c1-4-5-17-15(22)20-14-18-12(16)7-13(19-14)21-8-10(2)6-11(3)9-21/h4,7,10-11H,1,5-6,8-9H2,2-3H3,(H2,17,18,19,20,22). The molecule has 0 spiro atoms. The summed E-state index contributed by atoms with van der Waals surface area (Å²) in [7, 11) is 0. The van der Waals surface area contributed by atoms with Gasteiger partial charge in [-0.1, -0.05) is 31.5 Å². The molecule has 5 nitrogen and oxygen atoms in total. The number of nitrogens with zero attached hydrogens (tertiary/aromatic N) is 3. The van der Waals surface area contributed by atoms with Crippen LogP contribution in [0.15, 0.2) is 18.7 Å². The number of anilines is 2. The molecule has 22 heavy (non-hydrogen) atoms. The fraction of sp³-hybridized carbons (Fsp3) is 0.533. The number of hydrogen-bond acceptors (Lipinski definition) is 4. The van der Waals surface area contributed by atoms with Crippen LogP contribution < -0.4 is 15.5 Å². The van der Waals surface area contributed by atoms with Crippen molar-refractivity contribution in [1.29, 1.82) is 0 Å². The molecule has 0 aromatic carbocycles. The van der Waals surface area contributed by atoms with Crippen molar-refractivity contribution in [3.8, 4) is 0 Å². The third kappa shape index (κ3) is 4.81. The zero-order valence-corrected chi connectivity index (χ0v) is 14.5. The van der Waals surface area contributed by atoms with Crippen molar-refractivity contribution in [2.24, 2.45) is 11.8 Å². The van der Waals surface area contributed by atoms with Crippen LogP contribution in [-0.2, 0) is 0 Å². The van der Waals surface area contributed by atoms with Gasteiger partial charge in [-0.3, -0.25) is 0 Å². The molecule has 2 N–H and O–H groups in total. The average Bonchev–Trinajstić information content (AvgIpc) is 2.43. The van der Waals surface area contributed by atoms with E-state index in [0.29, 0.717) is 34.6 Å². The summed E-state index contributed by atoms with van der Waals surface area (Å²) in [5.74, 6) is 2.54. The van der Waals surface area contributed by atoms with Crippen molar-refractivity contribution in [3.05, 3.63) is 23.9 Å². The summed E-state index contributed by atoms with van der Waals surface area (Å²) in [5.41, 5.74) is 0. The Morgan fingerprint density at radius 2 is 2.14 bits per heavy atom.